The lowest BCUT2D eigenvalue weighted by molar-refractivity contribution is -0.149. The molecule has 1 amide bonds. The van der Waals surface area contributed by atoms with Crippen LogP contribution < -0.4 is 0 Å². The van der Waals surface area contributed by atoms with E-state index in [1.165, 1.54) is 11.1 Å². The van der Waals surface area contributed by atoms with Gasteiger partial charge in [0.1, 0.15) is 11.9 Å². The van der Waals surface area contributed by atoms with Crippen molar-refractivity contribution in [2.24, 2.45) is 0 Å². The summed E-state index contributed by atoms with van der Waals surface area (Å²) in [5, 5.41) is 0. The summed E-state index contributed by atoms with van der Waals surface area (Å²) in [4.78, 5) is 18.9. The maximum Gasteiger partial charge on any atom is 0.245 e. The third-order valence-electron chi connectivity index (χ3n) is 4.89. The van der Waals surface area contributed by atoms with Crippen LogP contribution in [0.15, 0.2) is 36.7 Å². The minimum Gasteiger partial charge on any atom is -0.370 e. The number of hydrogen-bond donors (Lipinski definition) is 0. The molecule has 0 saturated carbocycles. The van der Waals surface area contributed by atoms with Crippen LogP contribution in [0.25, 0.3) is 0 Å². The highest BCUT2D eigenvalue weighted by Crippen LogP contribution is 2.23. The first-order chi connectivity index (χ1) is 12.0. The number of hydrogen-bond acceptors (Lipinski definition) is 3. The van der Waals surface area contributed by atoms with Gasteiger partial charge in [-0.25, -0.2) is 4.98 Å². The second-order valence-corrected chi connectivity index (χ2v) is 7.13. The molecule has 2 heterocycles. The molecule has 3 rings (SSSR count). The van der Waals surface area contributed by atoms with Gasteiger partial charge >= 0.3 is 0 Å². The highest BCUT2D eigenvalue weighted by atomic mass is 16.5. The lowest BCUT2D eigenvalue weighted by Gasteiger charge is -2.40. The summed E-state index contributed by atoms with van der Waals surface area (Å²) < 4.78 is 7.93. The van der Waals surface area contributed by atoms with Crippen molar-refractivity contribution < 1.29 is 9.53 Å². The number of nitrogens with zero attached hydrogens (tertiary/aromatic N) is 3. The minimum absolute atomic E-state index is 0.128. The van der Waals surface area contributed by atoms with E-state index in [-0.39, 0.29) is 18.1 Å². The maximum atomic E-state index is 12.7. The lowest BCUT2D eigenvalue weighted by atomic mass is 10.1. The monoisotopic (exact) mass is 341 g/mol. The Balaban J connectivity index is 1.51. The number of imidazole rings is 1. The van der Waals surface area contributed by atoms with E-state index in [9.17, 15) is 4.79 Å². The van der Waals surface area contributed by atoms with Crippen LogP contribution in [0.5, 0.6) is 0 Å². The van der Waals surface area contributed by atoms with Crippen LogP contribution in [0.3, 0.4) is 0 Å². The van der Waals surface area contributed by atoms with E-state index in [0.29, 0.717) is 25.6 Å². The van der Waals surface area contributed by atoms with E-state index in [0.717, 1.165) is 5.82 Å². The molecule has 1 aromatic heterocycles. The van der Waals surface area contributed by atoms with Gasteiger partial charge in [-0.15, -0.1) is 0 Å². The number of likely N-dealkylation sites (tertiary alicyclic amines) is 1. The topological polar surface area (TPSA) is 47.4 Å². The molecule has 5 heteroatoms. The van der Waals surface area contributed by atoms with Crippen molar-refractivity contribution in [3.05, 3.63) is 53.6 Å². The molecule has 5 nitrogen and oxygen atoms in total. The Kier molecular flexibility index (Phi) is 5.23. The molecular weight excluding hydrogens is 314 g/mol. The molecule has 25 heavy (non-hydrogen) atoms. The summed E-state index contributed by atoms with van der Waals surface area (Å²) >= 11 is 0. The van der Waals surface area contributed by atoms with Crippen molar-refractivity contribution in [3.63, 3.8) is 0 Å². The van der Waals surface area contributed by atoms with Crippen LogP contribution in [0.1, 0.15) is 49.7 Å². The number of aromatic nitrogens is 2. The first-order valence-corrected chi connectivity index (χ1v) is 8.95. The number of rotatable bonds is 6. The normalized spacial score (nSPS) is 16.1. The van der Waals surface area contributed by atoms with Crippen molar-refractivity contribution in [1.29, 1.82) is 0 Å². The quantitative estimate of drug-likeness (QED) is 0.810. The molecule has 1 aliphatic rings. The highest BCUT2D eigenvalue weighted by molar-refractivity contribution is 5.81. The van der Waals surface area contributed by atoms with E-state index >= 15 is 0 Å². The Bertz CT molecular complexity index is 732. The van der Waals surface area contributed by atoms with Gasteiger partial charge in [0.25, 0.3) is 0 Å². The molecule has 0 spiro atoms. The van der Waals surface area contributed by atoms with E-state index in [1.54, 1.807) is 6.20 Å². The van der Waals surface area contributed by atoms with Gasteiger partial charge in [0.15, 0.2) is 0 Å². The molecular formula is C20H27N3O2. The second-order valence-electron chi connectivity index (χ2n) is 7.13. The van der Waals surface area contributed by atoms with Crippen molar-refractivity contribution >= 4 is 5.91 Å². The lowest BCUT2D eigenvalue weighted by Crippen LogP contribution is -2.56. The average Bonchev–Trinajstić information content (AvgIpc) is 3.03. The van der Waals surface area contributed by atoms with Crippen LogP contribution in [-0.2, 0) is 16.1 Å². The fourth-order valence-electron chi connectivity index (χ4n) is 3.19. The maximum absolute atomic E-state index is 12.7. The van der Waals surface area contributed by atoms with Crippen LogP contribution in [0, 0.1) is 6.92 Å². The predicted octanol–water partition coefficient (Wildman–Crippen LogP) is 3.30. The third-order valence-corrected chi connectivity index (χ3v) is 4.89. The van der Waals surface area contributed by atoms with E-state index < -0.39 is 0 Å². The predicted molar refractivity (Wildman–Crippen MR) is 97.4 cm³/mol. The summed E-state index contributed by atoms with van der Waals surface area (Å²) in [6.07, 6.45) is 3.79. The molecule has 1 aliphatic heterocycles. The van der Waals surface area contributed by atoms with Crippen LogP contribution >= 0.6 is 0 Å². The second kappa shape index (κ2) is 7.40. The number of benzene rings is 1. The summed E-state index contributed by atoms with van der Waals surface area (Å²) in [5.74, 6) is 1.39. The number of amides is 1. The van der Waals surface area contributed by atoms with E-state index in [1.807, 2.05) is 34.7 Å². The molecule has 1 aromatic carbocycles. The van der Waals surface area contributed by atoms with Crippen LogP contribution in [-0.4, -0.2) is 39.6 Å². The number of aryl methyl sites for hydroxylation is 1. The molecule has 1 atom stereocenters. The summed E-state index contributed by atoms with van der Waals surface area (Å²) in [5.41, 5.74) is 2.45. The average molecular weight is 341 g/mol. The zero-order valence-electron chi connectivity index (χ0n) is 15.5. The van der Waals surface area contributed by atoms with Crippen LogP contribution in [0.4, 0.5) is 0 Å². The summed E-state index contributed by atoms with van der Waals surface area (Å²) in [6.45, 7) is 10.2. The van der Waals surface area contributed by atoms with Gasteiger partial charge in [-0.2, -0.15) is 0 Å². The smallest absolute Gasteiger partial charge is 0.245 e. The van der Waals surface area contributed by atoms with Crippen molar-refractivity contribution in [3.8, 4) is 0 Å². The highest BCUT2D eigenvalue weighted by Gasteiger charge is 2.34. The van der Waals surface area contributed by atoms with Gasteiger partial charge in [0, 0.05) is 31.4 Å². The molecule has 2 aromatic rings. The van der Waals surface area contributed by atoms with Crippen molar-refractivity contribution in [2.75, 3.05) is 13.1 Å². The molecule has 1 saturated heterocycles. The molecule has 0 N–H and O–H groups in total. The summed E-state index contributed by atoms with van der Waals surface area (Å²) in [7, 11) is 0. The number of ether oxygens (including phenoxy) is 1. The van der Waals surface area contributed by atoms with Crippen molar-refractivity contribution in [2.45, 2.75) is 52.4 Å². The fourth-order valence-corrected chi connectivity index (χ4v) is 3.19. The Morgan fingerprint density at radius 1 is 1.28 bits per heavy atom. The Morgan fingerprint density at radius 3 is 2.68 bits per heavy atom. The molecule has 0 bridgehead atoms. The largest absolute Gasteiger partial charge is 0.370 e. The molecule has 0 unspecified atom stereocenters. The molecule has 134 valence electrons. The third kappa shape index (κ3) is 3.76. The zero-order chi connectivity index (χ0) is 18.0. The fraction of sp³-hybridized carbons (Fsp3) is 0.500. The molecule has 0 radical (unpaired) electrons. The zero-order valence-corrected chi connectivity index (χ0v) is 15.5. The Morgan fingerprint density at radius 2 is 2.00 bits per heavy atom. The van der Waals surface area contributed by atoms with Gasteiger partial charge in [-0.3, -0.25) is 4.79 Å². The van der Waals surface area contributed by atoms with Gasteiger partial charge < -0.3 is 14.2 Å². The van der Waals surface area contributed by atoms with Gasteiger partial charge in [-0.1, -0.05) is 38.1 Å². The van der Waals surface area contributed by atoms with Gasteiger partial charge in [0.2, 0.25) is 5.91 Å². The SMILES string of the molecule is Cc1ccccc1COC1CN(C(=O)[C@H](C)n2ccnc2C(C)C)C1. The van der Waals surface area contributed by atoms with E-state index in [4.69, 9.17) is 4.74 Å². The first kappa shape index (κ1) is 17.7. The number of carbonyl (C=O) groups is 1. The minimum atomic E-state index is -0.225. The van der Waals surface area contributed by atoms with Gasteiger partial charge in [0.05, 0.1) is 12.7 Å². The molecule has 1 fully saturated rings. The summed E-state index contributed by atoms with van der Waals surface area (Å²) in [6, 6.07) is 8.02. The van der Waals surface area contributed by atoms with Gasteiger partial charge in [-0.05, 0) is 25.0 Å². The first-order valence-electron chi connectivity index (χ1n) is 8.95. The molecule has 0 aliphatic carbocycles. The van der Waals surface area contributed by atoms with Crippen LogP contribution in [0.2, 0.25) is 0 Å². The van der Waals surface area contributed by atoms with Crippen molar-refractivity contribution in [1.82, 2.24) is 14.5 Å². The van der Waals surface area contributed by atoms with E-state index in [2.05, 4.69) is 37.9 Å². The Labute approximate surface area is 149 Å². The standard InChI is InChI=1S/C20H27N3O2/c1-14(2)19-21-9-10-23(19)16(4)20(24)22-11-18(12-22)25-13-17-8-6-5-7-15(17)3/h5-10,14,16,18H,11-13H2,1-4H3/t16-/m0/s1. The number of carbonyl (C=O) groups excluding carboxylic acids is 1. The Hall–Kier alpha value is -2.14.